The Labute approximate surface area is 243 Å². The molecule has 1 amide bonds. The Morgan fingerprint density at radius 1 is 1.18 bits per heavy atom. The van der Waals surface area contributed by atoms with E-state index < -0.39 is 17.7 Å². The Kier molecular flexibility index (Phi) is 7.46. The molecule has 1 aliphatic carbocycles. The molecular formula is C28H37BrClN5O4. The molecule has 2 bridgehead atoms. The first-order valence-electron chi connectivity index (χ1n) is 13.9. The maximum atomic E-state index is 13.7. The molecule has 6 atom stereocenters. The lowest BCUT2D eigenvalue weighted by Crippen LogP contribution is -2.59. The van der Waals surface area contributed by atoms with Crippen LogP contribution in [0.1, 0.15) is 58.2 Å². The van der Waals surface area contributed by atoms with Crippen LogP contribution in [0.15, 0.2) is 24.3 Å². The number of ether oxygens (including phenoxy) is 2. The number of rotatable bonds is 6. The molecule has 39 heavy (non-hydrogen) atoms. The lowest BCUT2D eigenvalue weighted by atomic mass is 9.97. The minimum absolute atomic E-state index is 0.134. The van der Waals surface area contributed by atoms with E-state index in [4.69, 9.17) is 35.9 Å². The van der Waals surface area contributed by atoms with E-state index in [1.165, 1.54) is 0 Å². The van der Waals surface area contributed by atoms with Gasteiger partial charge in [0, 0.05) is 18.0 Å². The monoisotopic (exact) mass is 621 g/mol. The van der Waals surface area contributed by atoms with Crippen LogP contribution in [0.5, 0.6) is 6.01 Å². The Morgan fingerprint density at radius 3 is 2.64 bits per heavy atom. The second kappa shape index (κ2) is 10.6. The van der Waals surface area contributed by atoms with E-state index in [9.17, 15) is 4.79 Å². The number of nitrogens with zero attached hydrogens (tertiary/aromatic N) is 5. The molecule has 2 aromatic rings. The van der Waals surface area contributed by atoms with Crippen LogP contribution < -0.4 is 4.74 Å². The van der Waals surface area contributed by atoms with Crippen molar-refractivity contribution < 1.29 is 19.1 Å². The Balaban J connectivity index is 1.43. The van der Waals surface area contributed by atoms with Gasteiger partial charge in [0.05, 0.1) is 45.6 Å². The molecule has 3 aliphatic heterocycles. The number of amides is 1. The molecule has 5 unspecified atom stereocenters. The molecule has 212 valence electrons. The standard InChI is InChI=1S/C28H37BrClN5O4/c1-28(2,3)38-27(36)34-14-20-22(30)21(29)24(35(20)39-17-11-12-17)25(34)23-18-9-5-6-10-19(18)31-26(32-23)37-15-16-8-7-13-33(16)4/h5-6,9-10,16-17,20-22,24-25H,7-8,11-15H2,1-4H3/t16-,20?,21?,22?,24?,25?/m0/s1. The van der Waals surface area contributed by atoms with E-state index in [1.807, 2.05) is 50.1 Å². The first-order chi connectivity index (χ1) is 18.6. The van der Waals surface area contributed by atoms with Crippen molar-refractivity contribution in [3.8, 4) is 6.01 Å². The van der Waals surface area contributed by atoms with Gasteiger partial charge in [-0.05, 0) is 66.1 Å². The van der Waals surface area contributed by atoms with Crippen molar-refractivity contribution in [1.82, 2.24) is 24.8 Å². The molecule has 1 aromatic heterocycles. The second-order valence-electron chi connectivity index (χ2n) is 12.2. The zero-order chi connectivity index (χ0) is 27.5. The summed E-state index contributed by atoms with van der Waals surface area (Å²) in [5.74, 6) is 0. The number of hydrogen-bond donors (Lipinski definition) is 0. The first kappa shape index (κ1) is 27.4. The van der Waals surface area contributed by atoms with Gasteiger partial charge in [-0.25, -0.2) is 4.79 Å². The molecule has 4 heterocycles. The molecule has 0 radical (unpaired) electrons. The molecule has 4 fully saturated rings. The van der Waals surface area contributed by atoms with Crippen LogP contribution in [-0.2, 0) is 9.57 Å². The van der Waals surface area contributed by atoms with Crippen LogP contribution in [0.4, 0.5) is 4.79 Å². The van der Waals surface area contributed by atoms with E-state index in [-0.39, 0.29) is 28.4 Å². The van der Waals surface area contributed by atoms with E-state index in [0.29, 0.717) is 30.9 Å². The molecule has 0 N–H and O–H groups in total. The third-order valence-corrected chi connectivity index (χ3v) is 10.0. The second-order valence-corrected chi connectivity index (χ2v) is 13.7. The van der Waals surface area contributed by atoms with Gasteiger partial charge >= 0.3 is 12.1 Å². The lowest BCUT2D eigenvalue weighted by Gasteiger charge is -2.46. The van der Waals surface area contributed by atoms with Crippen LogP contribution in [0.3, 0.4) is 0 Å². The molecule has 11 heteroatoms. The third-order valence-electron chi connectivity index (χ3n) is 8.05. The van der Waals surface area contributed by atoms with Gasteiger partial charge < -0.3 is 14.4 Å². The van der Waals surface area contributed by atoms with Gasteiger partial charge in [0.1, 0.15) is 12.2 Å². The number of hydrogen-bond acceptors (Lipinski definition) is 8. The quantitative estimate of drug-likeness (QED) is 0.421. The summed E-state index contributed by atoms with van der Waals surface area (Å²) >= 11 is 10.9. The summed E-state index contributed by atoms with van der Waals surface area (Å²) in [6, 6.07) is 7.59. The minimum atomic E-state index is -0.647. The summed E-state index contributed by atoms with van der Waals surface area (Å²) in [5, 5.41) is 2.64. The van der Waals surface area contributed by atoms with Gasteiger partial charge in [-0.3, -0.25) is 9.74 Å². The fourth-order valence-electron chi connectivity index (χ4n) is 5.94. The van der Waals surface area contributed by atoms with E-state index in [0.717, 1.165) is 43.1 Å². The Morgan fingerprint density at radius 2 is 1.95 bits per heavy atom. The maximum absolute atomic E-state index is 13.7. The number of hydroxylamine groups is 2. The predicted molar refractivity (Wildman–Crippen MR) is 152 cm³/mol. The van der Waals surface area contributed by atoms with Crippen molar-refractivity contribution in [2.45, 2.75) is 92.5 Å². The van der Waals surface area contributed by atoms with Gasteiger partial charge in [-0.1, -0.05) is 34.1 Å². The number of benzene rings is 1. The summed E-state index contributed by atoms with van der Waals surface area (Å²) in [6.45, 7) is 7.58. The van der Waals surface area contributed by atoms with Gasteiger partial charge in [-0.2, -0.15) is 15.0 Å². The zero-order valence-electron chi connectivity index (χ0n) is 22.9. The number of halogens is 2. The van der Waals surface area contributed by atoms with Crippen molar-refractivity contribution in [1.29, 1.82) is 0 Å². The number of fused-ring (bicyclic) bond motifs is 3. The molecule has 6 rings (SSSR count). The highest BCUT2D eigenvalue weighted by molar-refractivity contribution is 9.09. The molecule has 3 saturated heterocycles. The fraction of sp³-hybridized carbons (Fsp3) is 0.679. The average molecular weight is 623 g/mol. The number of para-hydroxylation sites is 1. The van der Waals surface area contributed by atoms with Gasteiger partial charge in [0.25, 0.3) is 0 Å². The predicted octanol–water partition coefficient (Wildman–Crippen LogP) is 4.91. The van der Waals surface area contributed by atoms with Crippen LogP contribution in [0.25, 0.3) is 10.9 Å². The summed E-state index contributed by atoms with van der Waals surface area (Å²) in [7, 11) is 2.12. The molecular weight excluding hydrogens is 586 g/mol. The smallest absolute Gasteiger partial charge is 0.410 e. The molecule has 1 aromatic carbocycles. The summed E-state index contributed by atoms with van der Waals surface area (Å²) < 4.78 is 12.1. The van der Waals surface area contributed by atoms with E-state index in [1.54, 1.807) is 4.90 Å². The van der Waals surface area contributed by atoms with Crippen molar-refractivity contribution in [3.05, 3.63) is 30.0 Å². The van der Waals surface area contributed by atoms with Gasteiger partial charge in [-0.15, -0.1) is 11.6 Å². The number of likely N-dealkylation sites (tertiary alicyclic amines) is 2. The zero-order valence-corrected chi connectivity index (χ0v) is 25.3. The van der Waals surface area contributed by atoms with Crippen molar-refractivity contribution in [3.63, 3.8) is 0 Å². The summed E-state index contributed by atoms with van der Waals surface area (Å²) in [6.07, 6.45) is 4.10. The van der Waals surface area contributed by atoms with E-state index in [2.05, 4.69) is 27.9 Å². The molecule has 1 saturated carbocycles. The molecule has 9 nitrogen and oxygen atoms in total. The maximum Gasteiger partial charge on any atom is 0.410 e. The molecule has 0 spiro atoms. The normalized spacial score (nSPS) is 31.7. The van der Waals surface area contributed by atoms with Crippen LogP contribution >= 0.6 is 27.5 Å². The Hall–Kier alpha value is -1.72. The van der Waals surface area contributed by atoms with Crippen LogP contribution in [0.2, 0.25) is 0 Å². The Bertz CT molecular complexity index is 1230. The van der Waals surface area contributed by atoms with Crippen molar-refractivity contribution in [2.24, 2.45) is 0 Å². The van der Waals surface area contributed by atoms with Crippen molar-refractivity contribution >= 4 is 44.5 Å². The topological polar surface area (TPSA) is 80.3 Å². The number of likely N-dealkylation sites (N-methyl/N-ethyl adjacent to an activating group) is 1. The number of carbonyl (C=O) groups is 1. The lowest BCUT2D eigenvalue weighted by molar-refractivity contribution is -0.231. The summed E-state index contributed by atoms with van der Waals surface area (Å²) in [4.78, 5) is 33.9. The molecule has 4 aliphatic rings. The largest absolute Gasteiger partial charge is 0.462 e. The van der Waals surface area contributed by atoms with Gasteiger partial charge in [0.15, 0.2) is 0 Å². The highest BCUT2D eigenvalue weighted by Gasteiger charge is 2.60. The van der Waals surface area contributed by atoms with Crippen LogP contribution in [0, 0.1) is 0 Å². The summed E-state index contributed by atoms with van der Waals surface area (Å²) in [5.41, 5.74) is 0.834. The number of carbonyl (C=O) groups excluding carboxylic acids is 1. The highest BCUT2D eigenvalue weighted by Crippen LogP contribution is 2.49. The SMILES string of the molecule is CN1CCC[C@H]1COc1nc(C2C3C(Br)C(Cl)C(CN2C(=O)OC(C)(C)C)N3OC2CC2)c2ccccc2n1. The fourth-order valence-corrected chi connectivity index (χ4v) is 7.15. The number of aromatic nitrogens is 2. The van der Waals surface area contributed by atoms with Crippen molar-refractivity contribution in [2.75, 3.05) is 26.7 Å². The minimum Gasteiger partial charge on any atom is -0.462 e. The number of piperazine rings is 1. The average Bonchev–Trinajstić information content (AvgIpc) is 3.59. The number of alkyl halides is 2. The van der Waals surface area contributed by atoms with Crippen LogP contribution in [-0.4, -0.2) is 97.7 Å². The first-order valence-corrected chi connectivity index (χ1v) is 15.3. The van der Waals surface area contributed by atoms with E-state index >= 15 is 0 Å². The van der Waals surface area contributed by atoms with Gasteiger partial charge in [0.2, 0.25) is 0 Å². The third kappa shape index (κ3) is 5.47. The highest BCUT2D eigenvalue weighted by atomic mass is 79.9.